The van der Waals surface area contributed by atoms with Crippen LogP contribution in [0.5, 0.6) is 0 Å². The van der Waals surface area contributed by atoms with E-state index in [1.54, 1.807) is 30.3 Å². The molecule has 1 aliphatic carbocycles. The number of fused-ring (bicyclic) bond motifs is 1. The summed E-state index contributed by atoms with van der Waals surface area (Å²) >= 11 is 13.6. The maximum absolute atomic E-state index is 12.7. The highest BCUT2D eigenvalue weighted by Crippen LogP contribution is 2.40. The molecule has 29 heavy (non-hydrogen) atoms. The molecule has 0 fully saturated rings. The normalized spacial score (nSPS) is 15.8. The van der Waals surface area contributed by atoms with E-state index in [9.17, 15) is 9.59 Å². The first kappa shape index (κ1) is 20.0. The van der Waals surface area contributed by atoms with Crippen LogP contribution in [0.2, 0.25) is 10.0 Å². The number of rotatable bonds is 4. The number of thiophene rings is 1. The molecule has 0 radical (unpaired) electrons. The quantitative estimate of drug-likeness (QED) is 0.529. The highest BCUT2D eigenvalue weighted by molar-refractivity contribution is 7.17. The van der Waals surface area contributed by atoms with E-state index in [0.717, 1.165) is 29.7 Å². The van der Waals surface area contributed by atoms with Gasteiger partial charge in [0.25, 0.3) is 11.8 Å². The van der Waals surface area contributed by atoms with Crippen LogP contribution in [-0.2, 0) is 12.8 Å². The Morgan fingerprint density at radius 1 is 1.24 bits per heavy atom. The molecule has 1 aliphatic rings. The summed E-state index contributed by atoms with van der Waals surface area (Å²) in [5.41, 5.74) is 7.62. The Balaban J connectivity index is 1.61. The average Bonchev–Trinajstić information content (AvgIpc) is 3.25. The molecule has 2 heterocycles. The minimum Gasteiger partial charge on any atom is -0.451 e. The largest absolute Gasteiger partial charge is 0.451 e. The summed E-state index contributed by atoms with van der Waals surface area (Å²) in [6, 6.07) is 8.26. The first-order valence-electron chi connectivity index (χ1n) is 9.14. The molecular weight excluding hydrogens is 431 g/mol. The first-order chi connectivity index (χ1) is 13.8. The van der Waals surface area contributed by atoms with Gasteiger partial charge in [-0.3, -0.25) is 9.59 Å². The molecule has 0 spiro atoms. The van der Waals surface area contributed by atoms with Crippen LogP contribution in [-0.4, -0.2) is 11.8 Å². The zero-order valence-electron chi connectivity index (χ0n) is 15.6. The van der Waals surface area contributed by atoms with Gasteiger partial charge in [-0.2, -0.15) is 0 Å². The summed E-state index contributed by atoms with van der Waals surface area (Å²) in [4.78, 5) is 25.9. The van der Waals surface area contributed by atoms with Crippen molar-refractivity contribution in [3.05, 3.63) is 62.1 Å². The number of benzene rings is 1. The third-order valence-corrected chi connectivity index (χ3v) is 6.73. The highest BCUT2D eigenvalue weighted by atomic mass is 35.5. The Labute approximate surface area is 181 Å². The van der Waals surface area contributed by atoms with Gasteiger partial charge in [-0.25, -0.2) is 0 Å². The lowest BCUT2D eigenvalue weighted by molar-refractivity contribution is 0.0997. The van der Waals surface area contributed by atoms with Crippen LogP contribution >= 0.6 is 34.5 Å². The first-order valence-corrected chi connectivity index (χ1v) is 10.7. The number of hydrogen-bond acceptors (Lipinski definition) is 4. The lowest BCUT2D eigenvalue weighted by Gasteiger charge is -2.18. The molecule has 0 saturated carbocycles. The van der Waals surface area contributed by atoms with Gasteiger partial charge in [-0.05, 0) is 61.1 Å². The lowest BCUT2D eigenvalue weighted by Crippen LogP contribution is -2.19. The summed E-state index contributed by atoms with van der Waals surface area (Å²) in [6.45, 7) is 2.18. The van der Waals surface area contributed by atoms with Crippen molar-refractivity contribution in [2.45, 2.75) is 26.2 Å². The second-order valence-corrected chi connectivity index (χ2v) is 9.11. The van der Waals surface area contributed by atoms with Crippen LogP contribution in [0.15, 0.2) is 34.7 Å². The number of furan rings is 1. The lowest BCUT2D eigenvalue weighted by atomic mass is 9.88. The fourth-order valence-electron chi connectivity index (χ4n) is 3.56. The molecule has 4 rings (SSSR count). The fraction of sp³-hybridized carbons (Fsp3) is 0.238. The minimum atomic E-state index is -0.527. The predicted molar refractivity (Wildman–Crippen MR) is 116 cm³/mol. The van der Waals surface area contributed by atoms with Crippen molar-refractivity contribution in [1.82, 2.24) is 0 Å². The van der Waals surface area contributed by atoms with Gasteiger partial charge in [-0.15, -0.1) is 11.3 Å². The second-order valence-electron chi connectivity index (χ2n) is 7.16. The Morgan fingerprint density at radius 2 is 2.03 bits per heavy atom. The van der Waals surface area contributed by atoms with E-state index in [0.29, 0.717) is 37.9 Å². The molecule has 2 amide bonds. The Hall–Kier alpha value is -2.28. The van der Waals surface area contributed by atoms with Gasteiger partial charge < -0.3 is 15.5 Å². The summed E-state index contributed by atoms with van der Waals surface area (Å²) in [6.07, 6.45) is 2.68. The molecule has 1 atom stereocenters. The number of hydrogen-bond donors (Lipinski definition) is 2. The number of primary amides is 1. The van der Waals surface area contributed by atoms with E-state index in [1.807, 2.05) is 0 Å². The standard InChI is InChI=1S/C21H18Cl2N2O3S/c1-10-2-4-13-17(8-10)29-21(18(13)19(24)26)25-20(27)16-7-6-15(28-16)12-5-3-11(22)9-14(12)23/h3,5-7,9-10H,2,4,8H2,1H3,(H2,24,26)(H,25,27)/t10-/m1/s1. The van der Waals surface area contributed by atoms with Crippen molar-refractivity contribution < 1.29 is 14.0 Å². The topological polar surface area (TPSA) is 85.3 Å². The van der Waals surface area contributed by atoms with E-state index < -0.39 is 11.8 Å². The maximum Gasteiger partial charge on any atom is 0.292 e. The van der Waals surface area contributed by atoms with Gasteiger partial charge >= 0.3 is 0 Å². The zero-order valence-corrected chi connectivity index (χ0v) is 17.9. The Bertz CT molecular complexity index is 1120. The maximum atomic E-state index is 12.7. The van der Waals surface area contributed by atoms with Crippen molar-refractivity contribution in [2.24, 2.45) is 11.7 Å². The van der Waals surface area contributed by atoms with E-state index in [1.165, 1.54) is 11.3 Å². The molecule has 2 aromatic heterocycles. The summed E-state index contributed by atoms with van der Waals surface area (Å²) < 4.78 is 5.69. The van der Waals surface area contributed by atoms with Crippen molar-refractivity contribution in [2.75, 3.05) is 5.32 Å². The highest BCUT2D eigenvalue weighted by Gasteiger charge is 2.28. The number of nitrogens with one attached hydrogen (secondary N) is 1. The molecule has 0 saturated heterocycles. The molecule has 5 nitrogen and oxygen atoms in total. The van der Waals surface area contributed by atoms with Gasteiger partial charge in [0.1, 0.15) is 10.8 Å². The summed E-state index contributed by atoms with van der Waals surface area (Å²) in [5.74, 6) is 0.130. The Morgan fingerprint density at radius 3 is 2.76 bits per heavy atom. The van der Waals surface area contributed by atoms with Gasteiger partial charge in [0.2, 0.25) is 0 Å². The van der Waals surface area contributed by atoms with Gasteiger partial charge in [0.05, 0.1) is 10.6 Å². The third kappa shape index (κ3) is 3.92. The number of nitrogens with two attached hydrogens (primary N) is 1. The molecule has 150 valence electrons. The van der Waals surface area contributed by atoms with Crippen LogP contribution in [0, 0.1) is 5.92 Å². The third-order valence-electron chi connectivity index (χ3n) is 5.01. The second kappa shape index (κ2) is 7.86. The smallest absolute Gasteiger partial charge is 0.292 e. The minimum absolute atomic E-state index is 0.112. The molecule has 0 unspecified atom stereocenters. The van der Waals surface area contributed by atoms with Crippen LogP contribution < -0.4 is 11.1 Å². The molecule has 0 bridgehead atoms. The Kier molecular flexibility index (Phi) is 5.42. The molecule has 3 N–H and O–H groups in total. The number of amides is 2. The molecule has 1 aromatic carbocycles. The van der Waals surface area contributed by atoms with Crippen molar-refractivity contribution >= 4 is 51.4 Å². The zero-order chi connectivity index (χ0) is 20.7. The summed E-state index contributed by atoms with van der Waals surface area (Å²) in [7, 11) is 0. The van der Waals surface area contributed by atoms with Gasteiger partial charge in [0.15, 0.2) is 5.76 Å². The van der Waals surface area contributed by atoms with E-state index in [2.05, 4.69) is 12.2 Å². The van der Waals surface area contributed by atoms with Gasteiger partial charge in [0, 0.05) is 15.5 Å². The van der Waals surface area contributed by atoms with Gasteiger partial charge in [-0.1, -0.05) is 30.1 Å². The SMILES string of the molecule is C[C@@H]1CCc2c(sc(NC(=O)c3ccc(-c4ccc(Cl)cc4Cl)o3)c2C(N)=O)C1. The number of halogens is 2. The monoisotopic (exact) mass is 448 g/mol. The predicted octanol–water partition coefficient (Wildman–Crippen LogP) is 5.79. The fourth-order valence-corrected chi connectivity index (χ4v) is 5.47. The molecule has 3 aromatic rings. The van der Waals surface area contributed by atoms with E-state index in [-0.39, 0.29) is 5.76 Å². The van der Waals surface area contributed by atoms with Crippen LogP contribution in [0.3, 0.4) is 0 Å². The number of carbonyl (C=O) groups excluding carboxylic acids is 2. The van der Waals surface area contributed by atoms with E-state index in [4.69, 9.17) is 33.4 Å². The van der Waals surface area contributed by atoms with Crippen molar-refractivity contribution in [3.8, 4) is 11.3 Å². The number of carbonyl (C=O) groups is 2. The van der Waals surface area contributed by atoms with E-state index >= 15 is 0 Å². The van der Waals surface area contributed by atoms with Crippen LogP contribution in [0.4, 0.5) is 5.00 Å². The summed E-state index contributed by atoms with van der Waals surface area (Å²) in [5, 5.41) is 4.21. The van der Waals surface area contributed by atoms with Crippen molar-refractivity contribution in [3.63, 3.8) is 0 Å². The molecular formula is C21H18Cl2N2O3S. The van der Waals surface area contributed by atoms with Crippen LogP contribution in [0.25, 0.3) is 11.3 Å². The van der Waals surface area contributed by atoms with Crippen molar-refractivity contribution in [1.29, 1.82) is 0 Å². The van der Waals surface area contributed by atoms with Crippen LogP contribution in [0.1, 0.15) is 44.7 Å². The number of anilines is 1. The molecule has 8 heteroatoms. The average molecular weight is 449 g/mol. The molecule has 0 aliphatic heterocycles.